The summed E-state index contributed by atoms with van der Waals surface area (Å²) in [4.78, 5) is 11.6. The Balaban J connectivity index is 3.09. The van der Waals surface area contributed by atoms with Crippen molar-refractivity contribution in [2.24, 2.45) is 0 Å². The molecule has 0 fully saturated rings. The zero-order valence-corrected chi connectivity index (χ0v) is 10.3. The molecule has 4 nitrogen and oxygen atoms in total. The molecule has 0 heterocycles. The number of hydrogen-bond donors (Lipinski definition) is 0. The third-order valence-corrected chi connectivity index (χ3v) is 2.56. The van der Waals surface area contributed by atoms with Gasteiger partial charge in [0, 0.05) is 5.56 Å². The second-order valence-electron chi connectivity index (χ2n) is 3.87. The van der Waals surface area contributed by atoms with Crippen LogP contribution in [0.25, 0.3) is 0 Å². The molecule has 0 aromatic heterocycles. The Morgan fingerprint density at radius 3 is 2.31 bits per heavy atom. The Labute approximate surface area is 95.7 Å². The zero-order chi connectivity index (χ0) is 12.3. The number of benzene rings is 1. The molecule has 0 spiro atoms. The summed E-state index contributed by atoms with van der Waals surface area (Å²) >= 11 is 0. The topological polar surface area (TPSA) is 65.3 Å². The fraction of sp³-hybridized carbons (Fsp3) is 0.364. The van der Waals surface area contributed by atoms with Crippen molar-refractivity contribution in [1.82, 2.24) is 4.72 Å². The third kappa shape index (κ3) is 3.34. The molecule has 0 aliphatic rings. The first-order chi connectivity index (χ1) is 7.31. The molecule has 0 N–H and O–H groups in total. The van der Waals surface area contributed by atoms with E-state index in [1.807, 2.05) is 19.9 Å². The number of carbonyl (C=O) groups excluding carboxylic acids is 1. The Hall–Kier alpha value is -1.36. The monoisotopic (exact) mass is 240 g/mol. The molecule has 0 aliphatic heterocycles. The van der Waals surface area contributed by atoms with Crippen molar-refractivity contribution in [1.29, 1.82) is 0 Å². The van der Waals surface area contributed by atoms with Crippen LogP contribution in [0.4, 0.5) is 0 Å². The minimum atomic E-state index is -3.64. The number of rotatable bonds is 3. The Bertz CT molecular complexity index is 492. The fourth-order valence-corrected chi connectivity index (χ4v) is 1.79. The number of carbonyl (C=O) groups is 1. The molecule has 5 heteroatoms. The van der Waals surface area contributed by atoms with E-state index in [1.165, 1.54) is 0 Å². The molecule has 1 aromatic carbocycles. The zero-order valence-electron chi connectivity index (χ0n) is 9.47. The van der Waals surface area contributed by atoms with Crippen LogP contribution < -0.4 is 4.72 Å². The van der Waals surface area contributed by atoms with Gasteiger partial charge in [-0.15, -0.1) is 4.72 Å². The maximum atomic E-state index is 11.6. The summed E-state index contributed by atoms with van der Waals surface area (Å²) in [5.41, 5.74) is 1.16. The molecule has 1 radical (unpaired) electrons. The molecule has 16 heavy (non-hydrogen) atoms. The van der Waals surface area contributed by atoms with Gasteiger partial charge in [-0.3, -0.25) is 4.79 Å². The van der Waals surface area contributed by atoms with Crippen LogP contribution in [0.2, 0.25) is 0 Å². The highest BCUT2D eigenvalue weighted by Crippen LogP contribution is 2.19. The maximum absolute atomic E-state index is 11.6. The smallest absolute Gasteiger partial charge is 0.266 e. The predicted molar refractivity (Wildman–Crippen MR) is 61.8 cm³/mol. The third-order valence-electron chi connectivity index (χ3n) is 2.06. The first-order valence-corrected chi connectivity index (χ1v) is 6.72. The average Bonchev–Trinajstić information content (AvgIpc) is 2.15. The quantitative estimate of drug-likeness (QED) is 0.804. The lowest BCUT2D eigenvalue weighted by molar-refractivity contribution is 0.0977. The van der Waals surface area contributed by atoms with Gasteiger partial charge in [-0.1, -0.05) is 32.0 Å². The lowest BCUT2D eigenvalue weighted by atomic mass is 9.97. The van der Waals surface area contributed by atoms with Gasteiger partial charge in [-0.2, -0.15) is 0 Å². The number of sulfonamides is 1. The van der Waals surface area contributed by atoms with Crippen LogP contribution in [-0.4, -0.2) is 20.6 Å². The Morgan fingerprint density at radius 2 is 1.81 bits per heavy atom. The predicted octanol–water partition coefficient (Wildman–Crippen LogP) is 1.51. The Morgan fingerprint density at radius 1 is 1.25 bits per heavy atom. The highest BCUT2D eigenvalue weighted by Gasteiger charge is 2.18. The van der Waals surface area contributed by atoms with Gasteiger partial charge >= 0.3 is 0 Å². The van der Waals surface area contributed by atoms with Gasteiger partial charge in [0.05, 0.1) is 6.26 Å². The highest BCUT2D eigenvalue weighted by molar-refractivity contribution is 7.89. The van der Waals surface area contributed by atoms with Gasteiger partial charge in [0.25, 0.3) is 15.9 Å². The van der Waals surface area contributed by atoms with Crippen molar-refractivity contribution < 1.29 is 13.2 Å². The van der Waals surface area contributed by atoms with Gasteiger partial charge in [-0.25, -0.2) is 8.42 Å². The van der Waals surface area contributed by atoms with Crippen molar-refractivity contribution in [2.75, 3.05) is 6.26 Å². The molecule has 1 aromatic rings. The molecule has 0 atom stereocenters. The van der Waals surface area contributed by atoms with E-state index < -0.39 is 15.9 Å². The van der Waals surface area contributed by atoms with Crippen LogP contribution in [0.1, 0.15) is 35.7 Å². The van der Waals surface area contributed by atoms with Crippen LogP contribution in [-0.2, 0) is 10.0 Å². The van der Waals surface area contributed by atoms with Crippen LogP contribution in [0.3, 0.4) is 0 Å². The number of nitrogens with zero attached hydrogens (tertiary/aromatic N) is 1. The maximum Gasteiger partial charge on any atom is 0.288 e. The molecular formula is C11H14NO3S. The van der Waals surface area contributed by atoms with Gasteiger partial charge in [0.2, 0.25) is 0 Å². The van der Waals surface area contributed by atoms with Crippen molar-refractivity contribution in [3.8, 4) is 0 Å². The minimum absolute atomic E-state index is 0.148. The van der Waals surface area contributed by atoms with E-state index in [0.717, 1.165) is 11.8 Å². The van der Waals surface area contributed by atoms with Crippen molar-refractivity contribution >= 4 is 15.9 Å². The van der Waals surface area contributed by atoms with Gasteiger partial charge in [0.15, 0.2) is 0 Å². The molecule has 1 amide bonds. The molecule has 0 saturated heterocycles. The van der Waals surface area contributed by atoms with Crippen LogP contribution in [0.15, 0.2) is 24.3 Å². The summed E-state index contributed by atoms with van der Waals surface area (Å²) in [5, 5.41) is 0. The van der Waals surface area contributed by atoms with Crippen molar-refractivity contribution in [2.45, 2.75) is 19.8 Å². The van der Waals surface area contributed by atoms with Crippen LogP contribution in [0, 0.1) is 0 Å². The van der Waals surface area contributed by atoms with E-state index in [1.54, 1.807) is 18.2 Å². The van der Waals surface area contributed by atoms with Gasteiger partial charge in [-0.05, 0) is 17.5 Å². The molecule has 0 saturated carbocycles. The second-order valence-corrected chi connectivity index (χ2v) is 5.52. The SMILES string of the molecule is CC(C)c1ccccc1C(=O)[N]S(C)(=O)=O. The minimum Gasteiger partial charge on any atom is -0.266 e. The molecule has 87 valence electrons. The largest absolute Gasteiger partial charge is 0.288 e. The van der Waals surface area contributed by atoms with Crippen molar-refractivity contribution in [3.63, 3.8) is 0 Å². The van der Waals surface area contributed by atoms with E-state index in [0.29, 0.717) is 5.56 Å². The summed E-state index contributed by atoms with van der Waals surface area (Å²) in [6.07, 6.45) is 0.906. The van der Waals surface area contributed by atoms with E-state index in [-0.39, 0.29) is 5.92 Å². The lowest BCUT2D eigenvalue weighted by Crippen LogP contribution is -2.23. The lowest BCUT2D eigenvalue weighted by Gasteiger charge is -2.10. The van der Waals surface area contributed by atoms with Gasteiger partial charge in [0.1, 0.15) is 0 Å². The number of hydrogen-bond acceptors (Lipinski definition) is 3. The molecule has 0 unspecified atom stereocenters. The highest BCUT2D eigenvalue weighted by atomic mass is 32.2. The first-order valence-electron chi connectivity index (χ1n) is 4.87. The summed E-state index contributed by atoms with van der Waals surface area (Å²) in [5.74, 6) is -0.554. The summed E-state index contributed by atoms with van der Waals surface area (Å²) in [7, 11) is -3.64. The molecule has 0 aliphatic carbocycles. The first kappa shape index (κ1) is 12.7. The number of amides is 1. The molecule has 0 bridgehead atoms. The van der Waals surface area contributed by atoms with Gasteiger partial charge < -0.3 is 0 Å². The van der Waals surface area contributed by atoms with E-state index in [2.05, 4.69) is 4.72 Å². The van der Waals surface area contributed by atoms with E-state index in [4.69, 9.17) is 0 Å². The summed E-state index contributed by atoms with van der Waals surface area (Å²) in [6.45, 7) is 3.87. The summed E-state index contributed by atoms with van der Waals surface area (Å²) in [6, 6.07) is 6.89. The van der Waals surface area contributed by atoms with E-state index in [9.17, 15) is 13.2 Å². The summed E-state index contributed by atoms with van der Waals surface area (Å²) < 4.78 is 25.0. The van der Waals surface area contributed by atoms with Crippen molar-refractivity contribution in [3.05, 3.63) is 35.4 Å². The molecule has 1 rings (SSSR count). The van der Waals surface area contributed by atoms with E-state index >= 15 is 0 Å². The fourth-order valence-electron chi connectivity index (χ4n) is 1.40. The normalized spacial score (nSPS) is 11.5. The van der Waals surface area contributed by atoms with Crippen LogP contribution in [0.5, 0.6) is 0 Å². The van der Waals surface area contributed by atoms with Crippen LogP contribution >= 0.6 is 0 Å². The average molecular weight is 240 g/mol. The standard InChI is InChI=1S/C11H14NO3S/c1-8(2)9-6-4-5-7-10(9)11(13)12-16(3,14)15/h4-8H,1-3H3. The molecular weight excluding hydrogens is 226 g/mol. The Kier molecular flexibility index (Phi) is 3.70. The second kappa shape index (κ2) is 4.65.